The van der Waals surface area contributed by atoms with E-state index >= 15 is 0 Å². The first kappa shape index (κ1) is 18.0. The molecule has 1 aromatic heterocycles. The lowest BCUT2D eigenvalue weighted by Crippen LogP contribution is -2.37. The Kier molecular flexibility index (Phi) is 5.28. The minimum atomic E-state index is -0.423. The number of hydrogen-bond acceptors (Lipinski definition) is 3. The van der Waals surface area contributed by atoms with Crippen LogP contribution in [0.1, 0.15) is 22.1 Å². The molecule has 0 saturated heterocycles. The molecule has 0 N–H and O–H groups in total. The lowest BCUT2D eigenvalue weighted by molar-refractivity contribution is 0.0700. The van der Waals surface area contributed by atoms with Crippen molar-refractivity contribution in [2.45, 2.75) is 6.04 Å². The molecule has 26 heavy (non-hydrogen) atoms. The summed E-state index contributed by atoms with van der Waals surface area (Å²) in [6.07, 6.45) is 0. The average Bonchev–Trinajstić information content (AvgIpc) is 2.65. The summed E-state index contributed by atoms with van der Waals surface area (Å²) in [5.74, 6) is -0.654. The fourth-order valence-electron chi connectivity index (χ4n) is 3.02. The first-order valence-corrected chi connectivity index (χ1v) is 8.49. The van der Waals surface area contributed by atoms with E-state index in [1.807, 2.05) is 49.3 Å². The van der Waals surface area contributed by atoms with Crippen LogP contribution in [0.3, 0.4) is 0 Å². The maximum Gasteiger partial charge on any atom is 0.272 e. The number of carbonyl (C=O) groups is 1. The van der Waals surface area contributed by atoms with E-state index in [1.165, 1.54) is 6.07 Å². The third-order valence-corrected chi connectivity index (χ3v) is 4.40. The van der Waals surface area contributed by atoms with Crippen LogP contribution < -0.4 is 0 Å². The fraction of sp³-hybridized carbons (Fsp3) is 0.238. The second-order valence-corrected chi connectivity index (χ2v) is 6.61. The van der Waals surface area contributed by atoms with Gasteiger partial charge in [0.2, 0.25) is 0 Å². The first-order chi connectivity index (χ1) is 12.5. The molecule has 0 radical (unpaired) electrons. The van der Waals surface area contributed by atoms with Gasteiger partial charge < -0.3 is 9.80 Å². The number of rotatable bonds is 5. The molecule has 1 heterocycles. The van der Waals surface area contributed by atoms with Gasteiger partial charge in [-0.2, -0.15) is 0 Å². The van der Waals surface area contributed by atoms with Crippen LogP contribution in [0.4, 0.5) is 4.39 Å². The Balaban J connectivity index is 1.95. The number of amides is 1. The zero-order valence-electron chi connectivity index (χ0n) is 15.2. The Hall–Kier alpha value is -2.79. The highest BCUT2D eigenvalue weighted by Gasteiger charge is 2.24. The van der Waals surface area contributed by atoms with Crippen LogP contribution in [0.2, 0.25) is 0 Å². The standard InChI is InChI=1S/C21H22FN3O/c1-24(2)14-19(15-8-5-4-6-9-15)25(3)21(26)18-13-12-16-10-7-11-17(22)20(16)23-18/h4-13,19H,14H2,1-3H3/t19-/m0/s1. The van der Waals surface area contributed by atoms with Crippen LogP contribution in [0, 0.1) is 5.82 Å². The Labute approximate surface area is 152 Å². The number of aromatic nitrogens is 1. The van der Waals surface area contributed by atoms with Crippen LogP contribution in [0.5, 0.6) is 0 Å². The van der Waals surface area contributed by atoms with Crippen molar-refractivity contribution in [2.75, 3.05) is 27.7 Å². The van der Waals surface area contributed by atoms with E-state index in [1.54, 1.807) is 36.2 Å². The van der Waals surface area contributed by atoms with Gasteiger partial charge in [-0.25, -0.2) is 9.37 Å². The van der Waals surface area contributed by atoms with Gasteiger partial charge in [0.05, 0.1) is 6.04 Å². The third kappa shape index (κ3) is 3.73. The summed E-state index contributed by atoms with van der Waals surface area (Å²) in [4.78, 5) is 21.0. The molecule has 0 aliphatic rings. The highest BCUT2D eigenvalue weighted by Crippen LogP contribution is 2.23. The maximum atomic E-state index is 14.0. The number of hydrogen-bond donors (Lipinski definition) is 0. The van der Waals surface area contributed by atoms with Gasteiger partial charge in [-0.05, 0) is 31.8 Å². The summed E-state index contributed by atoms with van der Waals surface area (Å²) in [7, 11) is 5.70. The van der Waals surface area contributed by atoms with Crippen molar-refractivity contribution in [1.29, 1.82) is 0 Å². The molecule has 3 rings (SSSR count). The molecule has 0 aliphatic carbocycles. The molecule has 0 unspecified atom stereocenters. The van der Waals surface area contributed by atoms with E-state index in [9.17, 15) is 9.18 Å². The van der Waals surface area contributed by atoms with Crippen molar-refractivity contribution in [2.24, 2.45) is 0 Å². The van der Waals surface area contributed by atoms with Crippen LogP contribution in [-0.4, -0.2) is 48.4 Å². The quantitative estimate of drug-likeness (QED) is 0.702. The van der Waals surface area contributed by atoms with Gasteiger partial charge in [0, 0.05) is 19.0 Å². The minimum Gasteiger partial charge on any atom is -0.332 e. The van der Waals surface area contributed by atoms with E-state index in [0.717, 1.165) is 5.56 Å². The molecule has 1 atom stereocenters. The molecular formula is C21H22FN3O. The van der Waals surface area contributed by atoms with Crippen molar-refractivity contribution in [3.8, 4) is 0 Å². The molecule has 2 aromatic carbocycles. The molecule has 0 bridgehead atoms. The summed E-state index contributed by atoms with van der Waals surface area (Å²) in [6.45, 7) is 0.675. The lowest BCUT2D eigenvalue weighted by atomic mass is 10.0. The summed E-state index contributed by atoms with van der Waals surface area (Å²) >= 11 is 0. The van der Waals surface area contributed by atoms with E-state index in [0.29, 0.717) is 11.9 Å². The summed E-state index contributed by atoms with van der Waals surface area (Å²) in [6, 6.07) is 17.9. The largest absolute Gasteiger partial charge is 0.332 e. The maximum absolute atomic E-state index is 14.0. The van der Waals surface area contributed by atoms with E-state index < -0.39 is 5.82 Å². The molecule has 3 aromatic rings. The number of fused-ring (bicyclic) bond motifs is 1. The smallest absolute Gasteiger partial charge is 0.272 e. The van der Waals surface area contributed by atoms with E-state index in [2.05, 4.69) is 4.98 Å². The second-order valence-electron chi connectivity index (χ2n) is 6.61. The predicted octanol–water partition coefficient (Wildman–Crippen LogP) is 3.75. The monoisotopic (exact) mass is 351 g/mol. The second kappa shape index (κ2) is 7.62. The average molecular weight is 351 g/mol. The Morgan fingerprint density at radius 1 is 1.00 bits per heavy atom. The van der Waals surface area contributed by atoms with Crippen molar-refractivity contribution < 1.29 is 9.18 Å². The van der Waals surface area contributed by atoms with Crippen LogP contribution in [-0.2, 0) is 0 Å². The number of carbonyl (C=O) groups excluding carboxylic acids is 1. The third-order valence-electron chi connectivity index (χ3n) is 4.40. The number of halogens is 1. The molecule has 0 saturated carbocycles. The van der Waals surface area contributed by atoms with Crippen molar-refractivity contribution >= 4 is 16.8 Å². The molecule has 4 nitrogen and oxygen atoms in total. The molecule has 5 heteroatoms. The number of para-hydroxylation sites is 1. The first-order valence-electron chi connectivity index (χ1n) is 8.49. The molecule has 0 fully saturated rings. The topological polar surface area (TPSA) is 36.4 Å². The Morgan fingerprint density at radius 2 is 1.73 bits per heavy atom. The number of nitrogens with zero attached hydrogens (tertiary/aromatic N) is 3. The summed E-state index contributed by atoms with van der Waals surface area (Å²) in [5.41, 5.74) is 1.50. The Bertz CT molecular complexity index is 912. The van der Waals surface area contributed by atoms with Crippen LogP contribution in [0.15, 0.2) is 60.7 Å². The van der Waals surface area contributed by atoms with Crippen molar-refractivity contribution in [3.05, 3.63) is 77.7 Å². The lowest BCUT2D eigenvalue weighted by Gasteiger charge is -2.30. The number of likely N-dealkylation sites (N-methyl/N-ethyl adjacent to an activating group) is 2. The molecular weight excluding hydrogens is 329 g/mol. The van der Waals surface area contributed by atoms with Crippen LogP contribution >= 0.6 is 0 Å². The zero-order chi connectivity index (χ0) is 18.7. The van der Waals surface area contributed by atoms with Gasteiger partial charge in [-0.3, -0.25) is 4.79 Å². The van der Waals surface area contributed by atoms with Crippen molar-refractivity contribution in [1.82, 2.24) is 14.8 Å². The van der Waals surface area contributed by atoms with Gasteiger partial charge in [0.25, 0.3) is 5.91 Å². The van der Waals surface area contributed by atoms with Gasteiger partial charge in [0.15, 0.2) is 0 Å². The normalized spacial score (nSPS) is 12.3. The van der Waals surface area contributed by atoms with E-state index in [4.69, 9.17) is 0 Å². The minimum absolute atomic E-state index is 0.128. The molecule has 1 amide bonds. The Morgan fingerprint density at radius 3 is 2.42 bits per heavy atom. The van der Waals surface area contributed by atoms with Gasteiger partial charge in [-0.15, -0.1) is 0 Å². The zero-order valence-corrected chi connectivity index (χ0v) is 15.2. The molecule has 0 spiro atoms. The number of benzene rings is 2. The van der Waals surface area contributed by atoms with Gasteiger partial charge in [0.1, 0.15) is 17.0 Å². The van der Waals surface area contributed by atoms with Gasteiger partial charge >= 0.3 is 0 Å². The molecule has 134 valence electrons. The summed E-state index contributed by atoms with van der Waals surface area (Å²) < 4.78 is 14.0. The fourth-order valence-corrected chi connectivity index (χ4v) is 3.02. The van der Waals surface area contributed by atoms with Crippen molar-refractivity contribution in [3.63, 3.8) is 0 Å². The van der Waals surface area contributed by atoms with E-state index in [-0.39, 0.29) is 23.2 Å². The molecule has 0 aliphatic heterocycles. The van der Waals surface area contributed by atoms with Gasteiger partial charge in [-0.1, -0.05) is 48.5 Å². The number of pyridine rings is 1. The SMILES string of the molecule is CN(C)C[C@@H](c1ccccc1)N(C)C(=O)c1ccc2cccc(F)c2n1. The predicted molar refractivity (Wildman–Crippen MR) is 102 cm³/mol. The highest BCUT2D eigenvalue weighted by atomic mass is 19.1. The summed E-state index contributed by atoms with van der Waals surface area (Å²) in [5, 5.41) is 0.678. The highest BCUT2D eigenvalue weighted by molar-refractivity contribution is 5.95. The van der Waals surface area contributed by atoms with Crippen LogP contribution in [0.25, 0.3) is 10.9 Å².